The lowest BCUT2D eigenvalue weighted by atomic mass is 9.99. The van der Waals surface area contributed by atoms with Gasteiger partial charge >= 0.3 is 21.6 Å². The number of aryl methyl sites for hydroxylation is 1. The number of esters is 1. The van der Waals surface area contributed by atoms with Crippen molar-refractivity contribution in [1.29, 1.82) is 0 Å². The molecule has 2 aromatic rings. The fourth-order valence-electron chi connectivity index (χ4n) is 2.34. The smallest absolute Gasteiger partial charge is 0.466 e. The molecule has 0 saturated carbocycles. The Morgan fingerprint density at radius 2 is 1.79 bits per heavy atom. The molecule has 152 valence electrons. The van der Waals surface area contributed by atoms with E-state index in [2.05, 4.69) is 4.18 Å². The Morgan fingerprint density at radius 1 is 1.11 bits per heavy atom. The van der Waals surface area contributed by atoms with Crippen LogP contribution in [0.5, 0.6) is 5.75 Å². The van der Waals surface area contributed by atoms with Crippen LogP contribution in [0.4, 0.5) is 17.6 Å². The zero-order chi connectivity index (χ0) is 21.1. The summed E-state index contributed by atoms with van der Waals surface area (Å²) in [6.45, 7) is 3.20. The van der Waals surface area contributed by atoms with Gasteiger partial charge in [-0.05, 0) is 54.8 Å². The summed E-state index contributed by atoms with van der Waals surface area (Å²) in [5.41, 5.74) is -4.90. The highest BCUT2D eigenvalue weighted by Gasteiger charge is 2.48. The van der Waals surface area contributed by atoms with Crippen LogP contribution in [-0.4, -0.2) is 26.5 Å². The molecule has 0 unspecified atom stereocenters. The van der Waals surface area contributed by atoms with Crippen LogP contribution in [0.1, 0.15) is 18.1 Å². The lowest BCUT2D eigenvalue weighted by Gasteiger charge is -2.15. The van der Waals surface area contributed by atoms with Gasteiger partial charge in [0, 0.05) is 5.56 Å². The molecule has 0 spiro atoms. The van der Waals surface area contributed by atoms with Crippen LogP contribution in [0.3, 0.4) is 0 Å². The van der Waals surface area contributed by atoms with Crippen molar-refractivity contribution in [2.75, 3.05) is 6.61 Å². The van der Waals surface area contributed by atoms with Gasteiger partial charge in [0.15, 0.2) is 5.75 Å². The van der Waals surface area contributed by atoms with Crippen LogP contribution in [-0.2, 0) is 26.1 Å². The fourth-order valence-corrected chi connectivity index (χ4v) is 2.82. The summed E-state index contributed by atoms with van der Waals surface area (Å²) in [5, 5.41) is 0. The molecule has 0 aliphatic carbocycles. The number of hydrogen-bond acceptors (Lipinski definition) is 5. The zero-order valence-electron chi connectivity index (χ0n) is 14.8. The summed E-state index contributed by atoms with van der Waals surface area (Å²) in [6, 6.07) is 7.23. The van der Waals surface area contributed by atoms with Gasteiger partial charge in [0.2, 0.25) is 0 Å². The van der Waals surface area contributed by atoms with Crippen molar-refractivity contribution in [2.45, 2.75) is 25.8 Å². The third kappa shape index (κ3) is 5.00. The normalized spacial score (nSPS) is 11.9. The van der Waals surface area contributed by atoms with Crippen molar-refractivity contribution >= 4 is 16.1 Å². The molecule has 0 saturated heterocycles. The van der Waals surface area contributed by atoms with E-state index < -0.39 is 33.2 Å². The third-order valence-electron chi connectivity index (χ3n) is 3.65. The molecule has 28 heavy (non-hydrogen) atoms. The highest BCUT2D eigenvalue weighted by molar-refractivity contribution is 7.88. The molecule has 0 aromatic heterocycles. The second kappa shape index (κ2) is 8.17. The first-order valence-corrected chi connectivity index (χ1v) is 9.41. The maximum atomic E-state index is 13.5. The molecule has 0 aliphatic heterocycles. The van der Waals surface area contributed by atoms with Gasteiger partial charge in [0.25, 0.3) is 0 Å². The fraction of sp³-hybridized carbons (Fsp3) is 0.278. The topological polar surface area (TPSA) is 69.7 Å². The van der Waals surface area contributed by atoms with E-state index in [1.807, 2.05) is 0 Å². The highest BCUT2D eigenvalue weighted by atomic mass is 32.2. The van der Waals surface area contributed by atoms with E-state index in [0.717, 1.165) is 12.1 Å². The zero-order valence-corrected chi connectivity index (χ0v) is 15.7. The van der Waals surface area contributed by atoms with Gasteiger partial charge in [-0.3, -0.25) is 4.79 Å². The molecule has 0 bridgehead atoms. The van der Waals surface area contributed by atoms with Crippen molar-refractivity contribution in [3.8, 4) is 16.9 Å². The minimum Gasteiger partial charge on any atom is -0.466 e. The Hall–Kier alpha value is -2.62. The van der Waals surface area contributed by atoms with Crippen LogP contribution >= 0.6 is 0 Å². The summed E-state index contributed by atoms with van der Waals surface area (Å²) >= 11 is 0. The van der Waals surface area contributed by atoms with Gasteiger partial charge in [-0.2, -0.15) is 21.6 Å². The quantitative estimate of drug-likeness (QED) is 0.304. The van der Waals surface area contributed by atoms with E-state index in [4.69, 9.17) is 4.74 Å². The molecule has 0 aliphatic rings. The van der Waals surface area contributed by atoms with Gasteiger partial charge in [-0.15, -0.1) is 0 Å². The number of alkyl halides is 3. The lowest BCUT2D eigenvalue weighted by Crippen LogP contribution is -2.28. The molecule has 0 atom stereocenters. The summed E-state index contributed by atoms with van der Waals surface area (Å²) < 4.78 is 83.5. The Bertz CT molecular complexity index is 984. The SMILES string of the molecule is CCOC(=O)Cc1ccc(OS(=O)(=O)C(F)(F)F)c(-c2ccc(F)c(C)c2)c1. The molecule has 0 heterocycles. The van der Waals surface area contributed by atoms with Crippen LogP contribution in [0.2, 0.25) is 0 Å². The summed E-state index contributed by atoms with van der Waals surface area (Å²) in [6.07, 6.45) is -0.187. The van der Waals surface area contributed by atoms with Crippen LogP contribution in [0, 0.1) is 12.7 Å². The Labute approximate surface area is 159 Å². The van der Waals surface area contributed by atoms with Crippen LogP contribution in [0.25, 0.3) is 11.1 Å². The van der Waals surface area contributed by atoms with Crippen molar-refractivity contribution in [3.63, 3.8) is 0 Å². The van der Waals surface area contributed by atoms with E-state index in [9.17, 15) is 30.8 Å². The highest BCUT2D eigenvalue weighted by Crippen LogP contribution is 2.36. The van der Waals surface area contributed by atoms with E-state index >= 15 is 0 Å². The summed E-state index contributed by atoms with van der Waals surface area (Å²) in [7, 11) is -5.91. The molecular weight excluding hydrogens is 404 g/mol. The maximum absolute atomic E-state index is 13.5. The summed E-state index contributed by atoms with van der Waals surface area (Å²) in [4.78, 5) is 11.7. The molecule has 2 aromatic carbocycles. The molecule has 5 nitrogen and oxygen atoms in total. The van der Waals surface area contributed by atoms with Crippen molar-refractivity contribution in [2.24, 2.45) is 0 Å². The molecule has 0 N–H and O–H groups in total. The monoisotopic (exact) mass is 420 g/mol. The Kier molecular flexibility index (Phi) is 6.33. The van der Waals surface area contributed by atoms with Gasteiger partial charge in [-0.1, -0.05) is 12.1 Å². The molecular formula is C18H16F4O5S. The van der Waals surface area contributed by atoms with E-state index in [1.165, 1.54) is 31.2 Å². The van der Waals surface area contributed by atoms with Crippen molar-refractivity contribution in [3.05, 3.63) is 53.3 Å². The first-order valence-electron chi connectivity index (χ1n) is 8.00. The van der Waals surface area contributed by atoms with Crippen LogP contribution in [0.15, 0.2) is 36.4 Å². The van der Waals surface area contributed by atoms with Gasteiger partial charge in [0.05, 0.1) is 13.0 Å². The van der Waals surface area contributed by atoms with E-state index in [0.29, 0.717) is 5.56 Å². The van der Waals surface area contributed by atoms with E-state index in [-0.39, 0.29) is 29.7 Å². The molecule has 2 rings (SSSR count). The first-order chi connectivity index (χ1) is 12.9. The average molecular weight is 420 g/mol. The Morgan fingerprint density at radius 3 is 2.36 bits per heavy atom. The predicted octanol–water partition coefficient (Wildman–Crippen LogP) is 4.14. The first kappa shape index (κ1) is 21.7. The summed E-state index contributed by atoms with van der Waals surface area (Å²) in [5.74, 6) is -1.71. The number of benzene rings is 2. The number of ether oxygens (including phenoxy) is 1. The second-order valence-corrected chi connectivity index (χ2v) is 7.30. The molecule has 0 amide bonds. The van der Waals surface area contributed by atoms with Crippen molar-refractivity contribution in [1.82, 2.24) is 0 Å². The Balaban J connectivity index is 2.55. The standard InChI is InChI=1S/C18H16F4O5S/c1-3-26-17(23)10-12-4-7-16(27-28(24,25)18(20,21)22)14(9-12)13-5-6-15(19)11(2)8-13/h4-9H,3,10H2,1-2H3. The molecule has 10 heteroatoms. The van der Waals surface area contributed by atoms with Crippen LogP contribution < -0.4 is 4.18 Å². The number of carbonyl (C=O) groups excluding carboxylic acids is 1. The molecule has 0 radical (unpaired) electrons. The number of halogens is 4. The van der Waals surface area contributed by atoms with Gasteiger partial charge in [-0.25, -0.2) is 4.39 Å². The lowest BCUT2D eigenvalue weighted by molar-refractivity contribution is -0.142. The molecule has 0 fully saturated rings. The van der Waals surface area contributed by atoms with Gasteiger partial charge in [0.1, 0.15) is 5.82 Å². The minimum absolute atomic E-state index is 0.0438. The minimum atomic E-state index is -5.91. The number of carbonyl (C=O) groups is 1. The third-order valence-corrected chi connectivity index (χ3v) is 4.62. The van der Waals surface area contributed by atoms with Gasteiger partial charge < -0.3 is 8.92 Å². The average Bonchev–Trinajstić information content (AvgIpc) is 2.57. The second-order valence-electron chi connectivity index (χ2n) is 5.76. The predicted molar refractivity (Wildman–Crippen MR) is 92.5 cm³/mol. The van der Waals surface area contributed by atoms with E-state index in [1.54, 1.807) is 6.92 Å². The number of hydrogen-bond donors (Lipinski definition) is 0. The largest absolute Gasteiger partial charge is 0.534 e. The number of rotatable bonds is 6. The van der Waals surface area contributed by atoms with Crippen molar-refractivity contribution < 1.29 is 39.7 Å². The maximum Gasteiger partial charge on any atom is 0.534 e.